The van der Waals surface area contributed by atoms with Crippen molar-refractivity contribution >= 4 is 27.3 Å². The van der Waals surface area contributed by atoms with Crippen molar-refractivity contribution in [1.82, 2.24) is 0 Å². The fourth-order valence-corrected chi connectivity index (χ4v) is 2.11. The molecule has 0 saturated carbocycles. The molecule has 0 aromatic heterocycles. The second kappa shape index (κ2) is 2.94. The first-order valence-electron chi connectivity index (χ1n) is 4.13. The Bertz CT molecular complexity index is 550. The number of nitrogens with one attached hydrogen (secondary N) is 1. The number of sulfonamides is 1. The quantitative estimate of drug-likeness (QED) is 0.556. The molecule has 0 atom stereocenters. The Hall–Kier alpha value is -1.60. The Morgan fingerprint density at radius 2 is 2.00 bits per heavy atom. The van der Waals surface area contributed by atoms with Crippen molar-refractivity contribution in [2.24, 2.45) is 5.14 Å². The zero-order valence-electron chi connectivity index (χ0n) is 7.65. The van der Waals surface area contributed by atoms with Gasteiger partial charge in [-0.3, -0.25) is 4.79 Å². The summed E-state index contributed by atoms with van der Waals surface area (Å²) >= 11 is 0. The van der Waals surface area contributed by atoms with Crippen molar-refractivity contribution < 1.29 is 13.2 Å². The molecular weight excluding hydrogens is 218 g/mol. The van der Waals surface area contributed by atoms with Gasteiger partial charge in [0.1, 0.15) is 0 Å². The molecule has 0 spiro atoms. The van der Waals surface area contributed by atoms with Crippen LogP contribution in [-0.2, 0) is 21.2 Å². The van der Waals surface area contributed by atoms with Crippen LogP contribution >= 0.6 is 0 Å². The molecule has 5 N–H and O–H groups in total. The number of primary sulfonamides is 1. The second-order valence-corrected chi connectivity index (χ2v) is 4.88. The highest BCUT2D eigenvalue weighted by atomic mass is 32.2. The number of carbonyl (C=O) groups excluding carboxylic acids is 1. The van der Waals surface area contributed by atoms with Crippen molar-refractivity contribution in [3.63, 3.8) is 0 Å². The minimum absolute atomic E-state index is 0.0738. The van der Waals surface area contributed by atoms with Gasteiger partial charge in [-0.15, -0.1) is 0 Å². The van der Waals surface area contributed by atoms with Crippen LogP contribution in [0.15, 0.2) is 17.0 Å². The summed E-state index contributed by atoms with van der Waals surface area (Å²) in [5.74, 6) is -0.205. The predicted octanol–water partition coefficient (Wildman–Crippen LogP) is -0.589. The number of hydrogen-bond donors (Lipinski definition) is 3. The van der Waals surface area contributed by atoms with Crippen molar-refractivity contribution in [3.8, 4) is 0 Å². The molecule has 0 radical (unpaired) electrons. The number of hydrogen-bond acceptors (Lipinski definition) is 4. The lowest BCUT2D eigenvalue weighted by atomic mass is 10.1. The van der Waals surface area contributed by atoms with Crippen molar-refractivity contribution in [3.05, 3.63) is 17.7 Å². The molecule has 0 fully saturated rings. The Balaban J connectivity index is 2.64. The third-order valence-corrected chi connectivity index (χ3v) is 3.06. The van der Waals surface area contributed by atoms with E-state index in [9.17, 15) is 13.2 Å². The van der Waals surface area contributed by atoms with Crippen molar-refractivity contribution in [2.45, 2.75) is 11.3 Å². The first kappa shape index (κ1) is 9.94. The Kier molecular flexibility index (Phi) is 1.95. The Morgan fingerprint density at radius 1 is 1.33 bits per heavy atom. The molecule has 0 bridgehead atoms. The number of nitrogen functional groups attached to an aromatic ring is 1. The van der Waals surface area contributed by atoms with Crippen LogP contribution in [0.2, 0.25) is 0 Å². The molecular formula is C8H9N3O3S. The Morgan fingerprint density at radius 3 is 2.60 bits per heavy atom. The first-order valence-corrected chi connectivity index (χ1v) is 5.67. The third-order valence-electron chi connectivity index (χ3n) is 2.17. The van der Waals surface area contributed by atoms with E-state index >= 15 is 0 Å². The smallest absolute Gasteiger partial charge is 0.238 e. The van der Waals surface area contributed by atoms with Crippen LogP contribution in [0.5, 0.6) is 0 Å². The van der Waals surface area contributed by atoms with Gasteiger partial charge >= 0.3 is 0 Å². The van der Waals surface area contributed by atoms with Gasteiger partial charge in [-0.1, -0.05) is 0 Å². The predicted molar refractivity (Wildman–Crippen MR) is 54.6 cm³/mol. The van der Waals surface area contributed by atoms with Crippen LogP contribution in [0.25, 0.3) is 0 Å². The number of nitrogens with two attached hydrogens (primary N) is 2. The van der Waals surface area contributed by atoms with Gasteiger partial charge in [0.25, 0.3) is 0 Å². The van der Waals surface area contributed by atoms with Crippen LogP contribution in [0.4, 0.5) is 11.4 Å². The zero-order chi connectivity index (χ0) is 11.2. The zero-order valence-corrected chi connectivity index (χ0v) is 8.47. The highest BCUT2D eigenvalue weighted by molar-refractivity contribution is 7.89. The first-order chi connectivity index (χ1) is 6.88. The van der Waals surface area contributed by atoms with Crippen LogP contribution in [0.1, 0.15) is 5.56 Å². The number of benzene rings is 1. The van der Waals surface area contributed by atoms with E-state index in [4.69, 9.17) is 10.9 Å². The van der Waals surface area contributed by atoms with E-state index in [-0.39, 0.29) is 22.9 Å². The van der Waals surface area contributed by atoms with E-state index < -0.39 is 10.0 Å². The molecule has 7 heteroatoms. The SMILES string of the molecule is Nc1cc(S(N)(=O)=O)cc2c1NC(=O)C2. The maximum absolute atomic E-state index is 11.1. The number of rotatable bonds is 1. The Labute approximate surface area is 86.3 Å². The minimum Gasteiger partial charge on any atom is -0.397 e. The summed E-state index contributed by atoms with van der Waals surface area (Å²) in [7, 11) is -3.78. The van der Waals surface area contributed by atoms with Gasteiger partial charge in [-0.05, 0) is 17.7 Å². The minimum atomic E-state index is -3.78. The molecule has 0 saturated heterocycles. The maximum Gasteiger partial charge on any atom is 0.238 e. The molecule has 1 aliphatic rings. The highest BCUT2D eigenvalue weighted by Gasteiger charge is 2.22. The summed E-state index contributed by atoms with van der Waals surface area (Å²) in [5, 5.41) is 7.51. The van der Waals surface area contributed by atoms with Gasteiger partial charge < -0.3 is 11.1 Å². The standard InChI is InChI=1S/C8H9N3O3S/c9-6-3-5(15(10,13)14)1-4-2-7(12)11-8(4)6/h1,3H,2,9H2,(H,11,12)(H2,10,13,14). The normalized spacial score (nSPS) is 14.9. The molecule has 2 rings (SSSR count). The van der Waals surface area contributed by atoms with Crippen LogP contribution in [-0.4, -0.2) is 14.3 Å². The molecule has 0 unspecified atom stereocenters. The summed E-state index contributed by atoms with van der Waals surface area (Å²) in [5.41, 5.74) is 6.85. The van der Waals surface area contributed by atoms with Gasteiger partial charge in [-0.2, -0.15) is 0 Å². The molecule has 15 heavy (non-hydrogen) atoms. The molecule has 1 aliphatic heterocycles. The summed E-state index contributed by atoms with van der Waals surface area (Å²) in [6.07, 6.45) is 0.128. The average molecular weight is 227 g/mol. The van der Waals surface area contributed by atoms with Gasteiger partial charge in [0.05, 0.1) is 22.7 Å². The lowest BCUT2D eigenvalue weighted by Crippen LogP contribution is -2.13. The maximum atomic E-state index is 11.1. The van der Waals surface area contributed by atoms with Gasteiger partial charge in [-0.25, -0.2) is 13.6 Å². The number of amides is 1. The molecule has 6 nitrogen and oxygen atoms in total. The van der Waals surface area contributed by atoms with E-state index in [1.807, 2.05) is 0 Å². The van der Waals surface area contributed by atoms with Gasteiger partial charge in [0.2, 0.25) is 15.9 Å². The molecule has 0 aliphatic carbocycles. The monoisotopic (exact) mass is 227 g/mol. The van der Waals surface area contributed by atoms with Crippen molar-refractivity contribution in [2.75, 3.05) is 11.1 Å². The molecule has 1 amide bonds. The van der Waals surface area contributed by atoms with Gasteiger partial charge in [0.15, 0.2) is 0 Å². The van der Waals surface area contributed by atoms with E-state index in [1.54, 1.807) is 0 Å². The van der Waals surface area contributed by atoms with Crippen LogP contribution < -0.4 is 16.2 Å². The fourth-order valence-electron chi connectivity index (χ4n) is 1.51. The van der Waals surface area contributed by atoms with Crippen LogP contribution in [0, 0.1) is 0 Å². The molecule has 80 valence electrons. The topological polar surface area (TPSA) is 115 Å². The largest absolute Gasteiger partial charge is 0.397 e. The lowest BCUT2D eigenvalue weighted by molar-refractivity contribution is -0.115. The number of fused-ring (bicyclic) bond motifs is 1. The molecule has 1 aromatic carbocycles. The van der Waals surface area contributed by atoms with E-state index in [0.29, 0.717) is 11.3 Å². The number of anilines is 2. The summed E-state index contributed by atoms with van der Waals surface area (Å²) in [4.78, 5) is 11.0. The summed E-state index contributed by atoms with van der Waals surface area (Å²) in [6, 6.07) is 2.60. The van der Waals surface area contributed by atoms with Gasteiger partial charge in [0, 0.05) is 0 Å². The van der Waals surface area contributed by atoms with Crippen LogP contribution in [0.3, 0.4) is 0 Å². The average Bonchev–Trinajstić information content (AvgIpc) is 2.44. The molecule has 1 aromatic rings. The van der Waals surface area contributed by atoms with E-state index in [2.05, 4.69) is 5.32 Å². The summed E-state index contributed by atoms with van der Waals surface area (Å²) < 4.78 is 22.2. The van der Waals surface area contributed by atoms with Crippen molar-refractivity contribution in [1.29, 1.82) is 0 Å². The highest BCUT2D eigenvalue weighted by Crippen LogP contribution is 2.31. The molecule has 1 heterocycles. The van der Waals surface area contributed by atoms with E-state index in [1.165, 1.54) is 12.1 Å². The third kappa shape index (κ3) is 1.66. The lowest BCUT2D eigenvalue weighted by Gasteiger charge is -2.05. The number of carbonyl (C=O) groups is 1. The summed E-state index contributed by atoms with van der Waals surface area (Å²) in [6.45, 7) is 0. The second-order valence-electron chi connectivity index (χ2n) is 3.32. The fraction of sp³-hybridized carbons (Fsp3) is 0.125. The van der Waals surface area contributed by atoms with E-state index in [0.717, 1.165) is 0 Å².